The SMILES string of the molecule is C=CC(=O)Nc1cccc(F)c1Cl. The molecule has 0 spiro atoms. The predicted octanol–water partition coefficient (Wildman–Crippen LogP) is 2.60. The summed E-state index contributed by atoms with van der Waals surface area (Å²) in [4.78, 5) is 10.8. The van der Waals surface area contributed by atoms with Gasteiger partial charge in [-0.05, 0) is 18.2 Å². The summed E-state index contributed by atoms with van der Waals surface area (Å²) in [5, 5.41) is 2.27. The van der Waals surface area contributed by atoms with E-state index < -0.39 is 11.7 Å². The fourth-order valence-electron chi connectivity index (χ4n) is 0.784. The van der Waals surface area contributed by atoms with Crippen molar-refractivity contribution in [2.24, 2.45) is 0 Å². The number of carbonyl (C=O) groups excluding carboxylic acids is 1. The van der Waals surface area contributed by atoms with Crippen molar-refractivity contribution in [3.05, 3.63) is 41.7 Å². The van der Waals surface area contributed by atoms with Crippen LogP contribution < -0.4 is 5.32 Å². The Kier molecular flexibility index (Phi) is 3.03. The van der Waals surface area contributed by atoms with E-state index in [2.05, 4.69) is 11.9 Å². The van der Waals surface area contributed by atoms with E-state index in [1.807, 2.05) is 0 Å². The lowest BCUT2D eigenvalue weighted by Gasteiger charge is -2.04. The first-order valence-electron chi connectivity index (χ1n) is 3.52. The molecule has 0 saturated carbocycles. The largest absolute Gasteiger partial charge is 0.321 e. The van der Waals surface area contributed by atoms with E-state index in [1.54, 1.807) is 0 Å². The molecule has 68 valence electrons. The molecule has 1 aromatic carbocycles. The van der Waals surface area contributed by atoms with Crippen molar-refractivity contribution in [3.8, 4) is 0 Å². The van der Waals surface area contributed by atoms with Crippen molar-refractivity contribution >= 4 is 23.2 Å². The summed E-state index contributed by atoms with van der Waals surface area (Å²) < 4.78 is 12.8. The number of hydrogen-bond donors (Lipinski definition) is 1. The van der Waals surface area contributed by atoms with Crippen molar-refractivity contribution in [2.45, 2.75) is 0 Å². The fourth-order valence-corrected chi connectivity index (χ4v) is 0.957. The van der Waals surface area contributed by atoms with Crippen LogP contribution in [0.5, 0.6) is 0 Å². The van der Waals surface area contributed by atoms with Gasteiger partial charge in [0.1, 0.15) is 5.82 Å². The summed E-state index contributed by atoms with van der Waals surface area (Å²) in [5.74, 6) is -0.990. The first kappa shape index (κ1) is 9.74. The van der Waals surface area contributed by atoms with Crippen LogP contribution in [0.3, 0.4) is 0 Å². The van der Waals surface area contributed by atoms with Gasteiger partial charge in [0.15, 0.2) is 0 Å². The third-order valence-electron chi connectivity index (χ3n) is 1.39. The molecule has 1 N–H and O–H groups in total. The number of hydrogen-bond acceptors (Lipinski definition) is 1. The molecule has 0 aliphatic heterocycles. The van der Waals surface area contributed by atoms with Crippen LogP contribution in [0, 0.1) is 5.82 Å². The van der Waals surface area contributed by atoms with Crippen LogP contribution in [0.1, 0.15) is 0 Å². The average Bonchev–Trinajstić information content (AvgIpc) is 2.13. The molecule has 0 heterocycles. The molecule has 0 bridgehead atoms. The fraction of sp³-hybridized carbons (Fsp3) is 0. The lowest BCUT2D eigenvalue weighted by Crippen LogP contribution is -2.07. The van der Waals surface area contributed by atoms with Gasteiger partial charge in [0.25, 0.3) is 0 Å². The van der Waals surface area contributed by atoms with Crippen molar-refractivity contribution in [1.29, 1.82) is 0 Å². The van der Waals surface area contributed by atoms with Gasteiger partial charge in [-0.1, -0.05) is 24.2 Å². The van der Waals surface area contributed by atoms with Gasteiger partial charge in [0.2, 0.25) is 5.91 Å². The Bertz CT molecular complexity index is 351. The third-order valence-corrected chi connectivity index (χ3v) is 1.78. The second-order valence-corrected chi connectivity index (χ2v) is 2.67. The van der Waals surface area contributed by atoms with Crippen molar-refractivity contribution in [1.82, 2.24) is 0 Å². The van der Waals surface area contributed by atoms with Gasteiger partial charge in [-0.15, -0.1) is 0 Å². The average molecular weight is 200 g/mol. The van der Waals surface area contributed by atoms with E-state index in [0.717, 1.165) is 6.08 Å². The van der Waals surface area contributed by atoms with Gasteiger partial charge in [0, 0.05) is 0 Å². The Labute approximate surface area is 80.0 Å². The molecule has 1 aromatic rings. The molecule has 0 aliphatic carbocycles. The summed E-state index contributed by atoms with van der Waals surface area (Å²) >= 11 is 5.57. The van der Waals surface area contributed by atoms with Gasteiger partial charge in [-0.2, -0.15) is 0 Å². The molecule has 4 heteroatoms. The molecule has 0 saturated heterocycles. The molecule has 0 fully saturated rings. The van der Waals surface area contributed by atoms with Crippen LogP contribution in [0.25, 0.3) is 0 Å². The number of halogens is 2. The van der Waals surface area contributed by atoms with E-state index >= 15 is 0 Å². The maximum atomic E-state index is 12.8. The van der Waals surface area contributed by atoms with Crippen LogP contribution >= 0.6 is 11.6 Å². The standard InChI is InChI=1S/C9H7ClFNO/c1-2-8(13)12-7-5-3-4-6(11)9(7)10/h2-5H,1H2,(H,12,13). The van der Waals surface area contributed by atoms with E-state index in [0.29, 0.717) is 0 Å². The van der Waals surface area contributed by atoms with Crippen molar-refractivity contribution in [3.63, 3.8) is 0 Å². The van der Waals surface area contributed by atoms with Crippen LogP contribution in [-0.4, -0.2) is 5.91 Å². The van der Waals surface area contributed by atoms with Gasteiger partial charge in [0.05, 0.1) is 10.7 Å². The normalized spacial score (nSPS) is 9.38. The van der Waals surface area contributed by atoms with E-state index in [-0.39, 0.29) is 10.7 Å². The Balaban J connectivity index is 2.95. The zero-order chi connectivity index (χ0) is 9.84. The van der Waals surface area contributed by atoms with Crippen LogP contribution in [0.15, 0.2) is 30.9 Å². The minimum absolute atomic E-state index is 0.0994. The van der Waals surface area contributed by atoms with E-state index in [4.69, 9.17) is 11.6 Å². The Morgan fingerprint density at radius 3 is 2.92 bits per heavy atom. The number of anilines is 1. The van der Waals surface area contributed by atoms with Crippen LogP contribution in [-0.2, 0) is 4.79 Å². The Morgan fingerprint density at radius 2 is 2.31 bits per heavy atom. The zero-order valence-corrected chi connectivity index (χ0v) is 7.44. The number of rotatable bonds is 2. The molecule has 0 radical (unpaired) electrons. The molecule has 1 rings (SSSR count). The molecular weight excluding hydrogens is 193 g/mol. The number of carbonyl (C=O) groups is 1. The van der Waals surface area contributed by atoms with Gasteiger partial charge >= 0.3 is 0 Å². The lowest BCUT2D eigenvalue weighted by molar-refractivity contribution is -0.111. The zero-order valence-electron chi connectivity index (χ0n) is 6.68. The summed E-state index contributed by atoms with van der Waals surface area (Å²) in [6.07, 6.45) is 1.08. The van der Waals surface area contributed by atoms with E-state index in [1.165, 1.54) is 18.2 Å². The highest BCUT2D eigenvalue weighted by Gasteiger charge is 2.06. The topological polar surface area (TPSA) is 29.1 Å². The smallest absolute Gasteiger partial charge is 0.247 e. The Morgan fingerprint density at radius 1 is 1.62 bits per heavy atom. The maximum absolute atomic E-state index is 12.8. The Hall–Kier alpha value is -1.35. The first-order valence-corrected chi connectivity index (χ1v) is 3.90. The highest BCUT2D eigenvalue weighted by Crippen LogP contribution is 2.24. The predicted molar refractivity (Wildman–Crippen MR) is 50.2 cm³/mol. The van der Waals surface area contributed by atoms with Crippen molar-refractivity contribution in [2.75, 3.05) is 5.32 Å². The molecule has 13 heavy (non-hydrogen) atoms. The maximum Gasteiger partial charge on any atom is 0.247 e. The summed E-state index contributed by atoms with van der Waals surface area (Å²) in [6, 6.07) is 4.18. The lowest BCUT2D eigenvalue weighted by atomic mass is 10.3. The second-order valence-electron chi connectivity index (χ2n) is 2.29. The molecular formula is C9H7ClFNO. The highest BCUT2D eigenvalue weighted by molar-refractivity contribution is 6.34. The van der Waals surface area contributed by atoms with Gasteiger partial charge < -0.3 is 5.32 Å². The third kappa shape index (κ3) is 2.29. The minimum Gasteiger partial charge on any atom is -0.321 e. The summed E-state index contributed by atoms with van der Waals surface area (Å²) in [7, 11) is 0. The second kappa shape index (κ2) is 4.05. The van der Waals surface area contributed by atoms with Gasteiger partial charge in [-0.3, -0.25) is 4.79 Å². The first-order chi connectivity index (χ1) is 6.15. The van der Waals surface area contributed by atoms with E-state index in [9.17, 15) is 9.18 Å². The highest BCUT2D eigenvalue weighted by atomic mass is 35.5. The van der Waals surface area contributed by atoms with Crippen LogP contribution in [0.4, 0.5) is 10.1 Å². The van der Waals surface area contributed by atoms with Gasteiger partial charge in [-0.25, -0.2) is 4.39 Å². The summed E-state index contributed by atoms with van der Waals surface area (Å²) in [6.45, 7) is 3.26. The number of benzene rings is 1. The molecule has 0 atom stereocenters. The number of nitrogens with one attached hydrogen (secondary N) is 1. The molecule has 0 unspecified atom stereocenters. The monoisotopic (exact) mass is 199 g/mol. The molecule has 2 nitrogen and oxygen atoms in total. The summed E-state index contributed by atoms with van der Waals surface area (Å²) in [5.41, 5.74) is 0.242. The molecule has 1 amide bonds. The van der Waals surface area contributed by atoms with Crippen LogP contribution in [0.2, 0.25) is 5.02 Å². The quantitative estimate of drug-likeness (QED) is 0.729. The molecule has 0 aromatic heterocycles. The van der Waals surface area contributed by atoms with Crippen molar-refractivity contribution < 1.29 is 9.18 Å². The minimum atomic E-state index is -0.566. The number of amides is 1. The molecule has 0 aliphatic rings.